The minimum atomic E-state index is 0.0616. The average molecular weight is 233 g/mol. The number of hydrogen-bond donors (Lipinski definition) is 1. The van der Waals surface area contributed by atoms with E-state index in [-0.39, 0.29) is 17.4 Å². The molecular weight excluding hydrogens is 220 g/mol. The highest BCUT2D eigenvalue weighted by Crippen LogP contribution is 2.10. The summed E-state index contributed by atoms with van der Waals surface area (Å²) in [7, 11) is 3.10. The first kappa shape index (κ1) is 11.9. The molecule has 6 nitrogen and oxygen atoms in total. The number of rotatable bonds is 5. The van der Waals surface area contributed by atoms with Gasteiger partial charge in [-0.2, -0.15) is 15.0 Å². The monoisotopic (exact) mass is 232 g/mol. The summed E-state index contributed by atoms with van der Waals surface area (Å²) in [5.41, 5.74) is 0. The second-order valence-corrected chi connectivity index (χ2v) is 3.18. The molecule has 0 saturated heterocycles. The van der Waals surface area contributed by atoms with Crippen LogP contribution in [0.2, 0.25) is 5.28 Å². The van der Waals surface area contributed by atoms with Crippen LogP contribution in [0.25, 0.3) is 0 Å². The van der Waals surface area contributed by atoms with Crippen molar-refractivity contribution in [2.45, 2.75) is 13.0 Å². The number of halogens is 1. The second-order valence-electron chi connectivity index (χ2n) is 2.84. The lowest BCUT2D eigenvalue weighted by Gasteiger charge is -2.10. The number of nitrogens with zero attached hydrogens (tertiary/aromatic N) is 3. The molecule has 1 aromatic heterocycles. The Labute approximate surface area is 93.0 Å². The van der Waals surface area contributed by atoms with Gasteiger partial charge >= 0.3 is 6.01 Å². The minimum absolute atomic E-state index is 0.0616. The van der Waals surface area contributed by atoms with Gasteiger partial charge in [0.25, 0.3) is 0 Å². The summed E-state index contributed by atoms with van der Waals surface area (Å²) in [5.74, 6) is 0.371. The maximum atomic E-state index is 5.66. The first-order chi connectivity index (χ1) is 7.15. The van der Waals surface area contributed by atoms with E-state index >= 15 is 0 Å². The van der Waals surface area contributed by atoms with Crippen molar-refractivity contribution in [3.8, 4) is 6.01 Å². The molecule has 1 atom stereocenters. The molecule has 15 heavy (non-hydrogen) atoms. The molecule has 1 rings (SSSR count). The summed E-state index contributed by atoms with van der Waals surface area (Å²) in [6.07, 6.45) is 0.0616. The third-order valence-electron chi connectivity index (χ3n) is 1.72. The number of ether oxygens (including phenoxy) is 2. The molecule has 1 heterocycles. The SMILES string of the molecule is COc1nc(Cl)nc(NCC(C)OC)n1. The van der Waals surface area contributed by atoms with E-state index < -0.39 is 0 Å². The molecule has 0 spiro atoms. The second kappa shape index (κ2) is 5.67. The van der Waals surface area contributed by atoms with E-state index in [9.17, 15) is 0 Å². The van der Waals surface area contributed by atoms with Gasteiger partial charge in [0.2, 0.25) is 11.2 Å². The van der Waals surface area contributed by atoms with Crippen molar-refractivity contribution in [2.75, 3.05) is 26.1 Å². The van der Waals surface area contributed by atoms with Crippen LogP contribution in [0.1, 0.15) is 6.92 Å². The lowest BCUT2D eigenvalue weighted by atomic mass is 10.4. The summed E-state index contributed by atoms with van der Waals surface area (Å²) in [6.45, 7) is 2.51. The van der Waals surface area contributed by atoms with Gasteiger partial charge in [0.05, 0.1) is 13.2 Å². The standard InChI is InChI=1S/C8H13ClN4O2/c1-5(14-2)4-10-7-11-6(9)12-8(13-7)15-3/h5H,4H2,1-3H3,(H,10,11,12,13). The largest absolute Gasteiger partial charge is 0.467 e. The molecule has 0 amide bonds. The normalized spacial score (nSPS) is 12.3. The molecule has 0 saturated carbocycles. The summed E-state index contributed by atoms with van der Waals surface area (Å²) >= 11 is 5.66. The quantitative estimate of drug-likeness (QED) is 0.816. The van der Waals surface area contributed by atoms with Crippen molar-refractivity contribution < 1.29 is 9.47 Å². The van der Waals surface area contributed by atoms with Gasteiger partial charge in [-0.1, -0.05) is 0 Å². The third-order valence-corrected chi connectivity index (χ3v) is 1.89. The van der Waals surface area contributed by atoms with E-state index in [4.69, 9.17) is 21.1 Å². The van der Waals surface area contributed by atoms with E-state index in [1.165, 1.54) is 7.11 Å². The summed E-state index contributed by atoms with van der Waals surface area (Å²) in [4.78, 5) is 11.6. The van der Waals surface area contributed by atoms with E-state index in [1.807, 2.05) is 6.92 Å². The van der Waals surface area contributed by atoms with E-state index in [0.29, 0.717) is 12.5 Å². The van der Waals surface area contributed by atoms with Crippen molar-refractivity contribution in [1.29, 1.82) is 0 Å². The minimum Gasteiger partial charge on any atom is -0.467 e. The van der Waals surface area contributed by atoms with Gasteiger partial charge in [0.1, 0.15) is 0 Å². The molecule has 0 radical (unpaired) electrons. The Morgan fingerprint density at radius 1 is 1.33 bits per heavy atom. The Hall–Kier alpha value is -1.14. The lowest BCUT2D eigenvalue weighted by Crippen LogP contribution is -2.19. The van der Waals surface area contributed by atoms with Gasteiger partial charge in [0, 0.05) is 13.7 Å². The highest BCUT2D eigenvalue weighted by atomic mass is 35.5. The van der Waals surface area contributed by atoms with Crippen LogP contribution >= 0.6 is 11.6 Å². The van der Waals surface area contributed by atoms with E-state index in [1.54, 1.807) is 7.11 Å². The molecule has 1 aromatic rings. The van der Waals surface area contributed by atoms with Gasteiger partial charge in [-0.15, -0.1) is 0 Å². The molecule has 0 aliphatic carbocycles. The Balaban J connectivity index is 2.64. The van der Waals surface area contributed by atoms with Gasteiger partial charge in [0.15, 0.2) is 0 Å². The van der Waals surface area contributed by atoms with Gasteiger partial charge < -0.3 is 14.8 Å². The molecule has 0 aromatic carbocycles. The molecule has 1 N–H and O–H groups in total. The van der Waals surface area contributed by atoms with Crippen LogP contribution in [-0.4, -0.2) is 41.8 Å². The topological polar surface area (TPSA) is 69.2 Å². The Morgan fingerprint density at radius 2 is 2.07 bits per heavy atom. The molecule has 0 fully saturated rings. The van der Waals surface area contributed by atoms with Crippen LogP contribution in [-0.2, 0) is 4.74 Å². The maximum absolute atomic E-state index is 5.66. The summed E-state index contributed by atoms with van der Waals surface area (Å²) in [5, 5.41) is 3.05. The van der Waals surface area contributed by atoms with Crippen molar-refractivity contribution in [1.82, 2.24) is 15.0 Å². The Bertz CT molecular complexity index is 324. The Kier molecular flexibility index (Phi) is 4.51. The highest BCUT2D eigenvalue weighted by molar-refractivity contribution is 6.28. The third kappa shape index (κ3) is 3.85. The molecular formula is C8H13ClN4O2. The van der Waals surface area contributed by atoms with Crippen LogP contribution in [0.3, 0.4) is 0 Å². The smallest absolute Gasteiger partial charge is 0.322 e. The fourth-order valence-corrected chi connectivity index (χ4v) is 0.973. The maximum Gasteiger partial charge on any atom is 0.322 e. The predicted molar refractivity (Wildman–Crippen MR) is 56.3 cm³/mol. The van der Waals surface area contributed by atoms with Crippen LogP contribution < -0.4 is 10.1 Å². The Morgan fingerprint density at radius 3 is 2.67 bits per heavy atom. The number of aromatic nitrogens is 3. The van der Waals surface area contributed by atoms with Crippen LogP contribution in [0, 0.1) is 0 Å². The van der Waals surface area contributed by atoms with Crippen LogP contribution in [0.5, 0.6) is 6.01 Å². The number of methoxy groups -OCH3 is 2. The van der Waals surface area contributed by atoms with Crippen molar-refractivity contribution in [3.05, 3.63) is 5.28 Å². The van der Waals surface area contributed by atoms with Gasteiger partial charge in [-0.05, 0) is 18.5 Å². The fourth-order valence-electron chi connectivity index (χ4n) is 0.821. The molecule has 1 unspecified atom stereocenters. The van der Waals surface area contributed by atoms with Crippen LogP contribution in [0.15, 0.2) is 0 Å². The average Bonchev–Trinajstić information content (AvgIpc) is 2.25. The highest BCUT2D eigenvalue weighted by Gasteiger charge is 2.06. The first-order valence-corrected chi connectivity index (χ1v) is 4.75. The molecule has 84 valence electrons. The van der Waals surface area contributed by atoms with E-state index in [0.717, 1.165) is 0 Å². The first-order valence-electron chi connectivity index (χ1n) is 4.38. The summed E-state index contributed by atoms with van der Waals surface area (Å²) in [6, 6.07) is 0.183. The fraction of sp³-hybridized carbons (Fsp3) is 0.625. The molecule has 0 aliphatic heterocycles. The van der Waals surface area contributed by atoms with Crippen molar-refractivity contribution in [2.24, 2.45) is 0 Å². The van der Waals surface area contributed by atoms with Gasteiger partial charge in [-0.25, -0.2) is 0 Å². The zero-order valence-electron chi connectivity index (χ0n) is 8.82. The van der Waals surface area contributed by atoms with Gasteiger partial charge in [-0.3, -0.25) is 0 Å². The van der Waals surface area contributed by atoms with Crippen LogP contribution in [0.4, 0.5) is 5.95 Å². The zero-order chi connectivity index (χ0) is 11.3. The summed E-state index contributed by atoms with van der Waals surface area (Å²) < 4.78 is 9.91. The number of nitrogens with one attached hydrogen (secondary N) is 1. The molecule has 0 bridgehead atoms. The predicted octanol–water partition coefficient (Wildman–Crippen LogP) is 0.980. The van der Waals surface area contributed by atoms with Crippen molar-refractivity contribution in [3.63, 3.8) is 0 Å². The lowest BCUT2D eigenvalue weighted by molar-refractivity contribution is 0.128. The van der Waals surface area contributed by atoms with E-state index in [2.05, 4.69) is 20.3 Å². The zero-order valence-corrected chi connectivity index (χ0v) is 9.58. The molecule has 0 aliphatic rings. The number of anilines is 1. The molecule has 7 heteroatoms. The number of hydrogen-bond acceptors (Lipinski definition) is 6. The van der Waals surface area contributed by atoms with Crippen molar-refractivity contribution >= 4 is 17.5 Å².